The zero-order chi connectivity index (χ0) is 12.0. The highest BCUT2D eigenvalue weighted by molar-refractivity contribution is 6.06. The summed E-state index contributed by atoms with van der Waals surface area (Å²) in [7, 11) is 0. The molecule has 2 amide bonds. The third-order valence-electron chi connectivity index (χ3n) is 4.56. The number of likely N-dealkylation sites (tertiary alicyclic amines) is 1. The van der Waals surface area contributed by atoms with Gasteiger partial charge in [-0.05, 0) is 32.1 Å². The number of hydrogen-bond acceptors (Lipinski definition) is 3. The maximum Gasteiger partial charge on any atom is 0.234 e. The van der Waals surface area contributed by atoms with Crippen LogP contribution in [0.2, 0.25) is 0 Å². The SMILES string of the molecule is O=C1[C@H]2CC=CC[C@H]2C(=O)N1C1(CO)CCC1. The Labute approximate surface area is 100 Å². The largest absolute Gasteiger partial charge is 0.394 e. The minimum absolute atomic E-state index is 0.0573. The number of aliphatic hydroxyl groups is 1. The van der Waals surface area contributed by atoms with Crippen LogP contribution in [0.1, 0.15) is 32.1 Å². The fourth-order valence-electron chi connectivity index (χ4n) is 3.31. The second-order valence-electron chi connectivity index (χ2n) is 5.40. The molecular formula is C13H17NO3. The number of carbonyl (C=O) groups is 2. The van der Waals surface area contributed by atoms with Crippen molar-refractivity contribution >= 4 is 11.8 Å². The predicted octanol–water partition coefficient (Wildman–Crippen LogP) is 0.853. The average Bonchev–Trinajstić information content (AvgIpc) is 2.55. The van der Waals surface area contributed by atoms with Crippen molar-refractivity contribution in [1.82, 2.24) is 4.90 Å². The summed E-state index contributed by atoms with van der Waals surface area (Å²) >= 11 is 0. The molecule has 0 bridgehead atoms. The molecule has 92 valence electrons. The minimum Gasteiger partial charge on any atom is -0.394 e. The van der Waals surface area contributed by atoms with Crippen LogP contribution in [-0.4, -0.2) is 34.0 Å². The molecule has 3 rings (SSSR count). The van der Waals surface area contributed by atoms with E-state index < -0.39 is 5.54 Å². The van der Waals surface area contributed by atoms with Gasteiger partial charge in [-0.2, -0.15) is 0 Å². The lowest BCUT2D eigenvalue weighted by Crippen LogP contribution is -2.59. The summed E-state index contributed by atoms with van der Waals surface area (Å²) in [5.74, 6) is -0.454. The van der Waals surface area contributed by atoms with E-state index in [4.69, 9.17) is 0 Å². The molecule has 3 aliphatic rings. The molecule has 0 aromatic rings. The van der Waals surface area contributed by atoms with E-state index >= 15 is 0 Å². The molecule has 1 saturated heterocycles. The highest BCUT2D eigenvalue weighted by atomic mass is 16.3. The molecule has 0 aromatic carbocycles. The van der Waals surface area contributed by atoms with Gasteiger partial charge in [-0.15, -0.1) is 0 Å². The number of allylic oxidation sites excluding steroid dienone is 2. The van der Waals surface area contributed by atoms with Gasteiger partial charge in [0.05, 0.1) is 24.0 Å². The Morgan fingerprint density at radius 2 is 1.71 bits per heavy atom. The fourth-order valence-corrected chi connectivity index (χ4v) is 3.31. The number of rotatable bonds is 2. The molecule has 0 spiro atoms. The van der Waals surface area contributed by atoms with Crippen molar-refractivity contribution in [2.45, 2.75) is 37.6 Å². The van der Waals surface area contributed by atoms with Gasteiger partial charge in [0, 0.05) is 0 Å². The third kappa shape index (κ3) is 1.33. The van der Waals surface area contributed by atoms with Crippen LogP contribution < -0.4 is 0 Å². The first kappa shape index (κ1) is 11.0. The number of carbonyl (C=O) groups excluding carboxylic acids is 2. The molecule has 0 radical (unpaired) electrons. The predicted molar refractivity (Wildman–Crippen MR) is 60.9 cm³/mol. The Morgan fingerprint density at radius 3 is 2.06 bits per heavy atom. The van der Waals surface area contributed by atoms with Gasteiger partial charge in [-0.1, -0.05) is 12.2 Å². The molecule has 2 aliphatic carbocycles. The summed E-state index contributed by atoms with van der Waals surface area (Å²) < 4.78 is 0. The summed E-state index contributed by atoms with van der Waals surface area (Å²) in [6, 6.07) is 0. The Hall–Kier alpha value is -1.16. The van der Waals surface area contributed by atoms with Crippen molar-refractivity contribution in [2.24, 2.45) is 11.8 Å². The highest BCUT2D eigenvalue weighted by Gasteiger charge is 2.56. The van der Waals surface area contributed by atoms with Gasteiger partial charge in [-0.25, -0.2) is 0 Å². The van der Waals surface area contributed by atoms with Crippen LogP contribution in [0.3, 0.4) is 0 Å². The molecule has 17 heavy (non-hydrogen) atoms. The summed E-state index contributed by atoms with van der Waals surface area (Å²) in [5.41, 5.74) is -0.564. The molecule has 4 nitrogen and oxygen atoms in total. The van der Waals surface area contributed by atoms with Crippen molar-refractivity contribution in [3.63, 3.8) is 0 Å². The van der Waals surface area contributed by atoms with Gasteiger partial charge in [0.15, 0.2) is 0 Å². The van der Waals surface area contributed by atoms with E-state index in [0.717, 1.165) is 19.3 Å². The lowest BCUT2D eigenvalue weighted by Gasteiger charge is -2.46. The van der Waals surface area contributed by atoms with E-state index in [-0.39, 0.29) is 30.3 Å². The Kier molecular flexibility index (Phi) is 2.36. The maximum absolute atomic E-state index is 12.3. The minimum atomic E-state index is -0.564. The molecule has 1 saturated carbocycles. The molecule has 2 fully saturated rings. The van der Waals surface area contributed by atoms with Crippen LogP contribution in [0.4, 0.5) is 0 Å². The zero-order valence-electron chi connectivity index (χ0n) is 9.76. The number of nitrogens with zero attached hydrogens (tertiary/aromatic N) is 1. The van der Waals surface area contributed by atoms with Crippen molar-refractivity contribution in [3.05, 3.63) is 12.2 Å². The van der Waals surface area contributed by atoms with Crippen LogP contribution in [0, 0.1) is 11.8 Å². The first-order chi connectivity index (χ1) is 8.19. The lowest BCUT2D eigenvalue weighted by molar-refractivity contribution is -0.154. The number of hydrogen-bond donors (Lipinski definition) is 1. The Balaban J connectivity index is 1.92. The smallest absolute Gasteiger partial charge is 0.234 e. The van der Waals surface area contributed by atoms with E-state index in [0.29, 0.717) is 12.8 Å². The van der Waals surface area contributed by atoms with Gasteiger partial charge >= 0.3 is 0 Å². The quantitative estimate of drug-likeness (QED) is 0.570. The number of imide groups is 1. The highest BCUT2D eigenvalue weighted by Crippen LogP contribution is 2.45. The average molecular weight is 235 g/mol. The van der Waals surface area contributed by atoms with Crippen molar-refractivity contribution in [2.75, 3.05) is 6.61 Å². The number of amides is 2. The van der Waals surface area contributed by atoms with Crippen molar-refractivity contribution in [3.8, 4) is 0 Å². The van der Waals surface area contributed by atoms with Crippen molar-refractivity contribution < 1.29 is 14.7 Å². The number of fused-ring (bicyclic) bond motifs is 1. The van der Waals surface area contributed by atoms with E-state index in [2.05, 4.69) is 0 Å². The number of aliphatic hydroxyl groups excluding tert-OH is 1. The molecular weight excluding hydrogens is 218 g/mol. The zero-order valence-corrected chi connectivity index (χ0v) is 9.76. The van der Waals surface area contributed by atoms with E-state index in [1.165, 1.54) is 4.90 Å². The van der Waals surface area contributed by atoms with E-state index in [1.54, 1.807) is 0 Å². The second kappa shape index (κ2) is 3.67. The van der Waals surface area contributed by atoms with Gasteiger partial charge in [0.1, 0.15) is 0 Å². The molecule has 1 heterocycles. The van der Waals surface area contributed by atoms with Gasteiger partial charge in [0.2, 0.25) is 11.8 Å². The standard InChI is InChI=1S/C13H17NO3/c15-8-13(6-3-7-13)14-11(16)9-4-1-2-5-10(9)12(14)17/h1-2,9-10,15H,3-8H2/t9-,10+. The van der Waals surface area contributed by atoms with Crippen LogP contribution in [-0.2, 0) is 9.59 Å². The second-order valence-corrected chi connectivity index (χ2v) is 5.40. The van der Waals surface area contributed by atoms with Crippen LogP contribution in [0.5, 0.6) is 0 Å². The summed E-state index contributed by atoms with van der Waals surface area (Å²) in [6.45, 7) is -0.0860. The monoisotopic (exact) mass is 235 g/mol. The Bertz CT molecular complexity index is 366. The van der Waals surface area contributed by atoms with E-state index in [1.807, 2.05) is 12.2 Å². The maximum atomic E-state index is 12.3. The first-order valence-electron chi connectivity index (χ1n) is 6.33. The third-order valence-corrected chi connectivity index (χ3v) is 4.56. The lowest BCUT2D eigenvalue weighted by atomic mass is 9.76. The topological polar surface area (TPSA) is 57.6 Å². The van der Waals surface area contributed by atoms with Crippen LogP contribution in [0.25, 0.3) is 0 Å². The molecule has 4 heteroatoms. The Morgan fingerprint density at radius 1 is 1.18 bits per heavy atom. The van der Waals surface area contributed by atoms with Gasteiger partial charge < -0.3 is 5.11 Å². The van der Waals surface area contributed by atoms with Crippen LogP contribution in [0.15, 0.2) is 12.2 Å². The summed E-state index contributed by atoms with van der Waals surface area (Å²) in [4.78, 5) is 26.0. The molecule has 1 aliphatic heterocycles. The van der Waals surface area contributed by atoms with Crippen molar-refractivity contribution in [1.29, 1.82) is 0 Å². The molecule has 1 N–H and O–H groups in total. The van der Waals surface area contributed by atoms with Crippen LogP contribution >= 0.6 is 0 Å². The van der Waals surface area contributed by atoms with Gasteiger partial charge in [-0.3, -0.25) is 14.5 Å². The summed E-state index contributed by atoms with van der Waals surface area (Å²) in [6.07, 6.45) is 7.83. The fraction of sp³-hybridized carbons (Fsp3) is 0.692. The first-order valence-corrected chi connectivity index (χ1v) is 6.33. The molecule has 0 unspecified atom stereocenters. The van der Waals surface area contributed by atoms with Gasteiger partial charge in [0.25, 0.3) is 0 Å². The summed E-state index contributed by atoms with van der Waals surface area (Å²) in [5, 5.41) is 9.50. The molecule has 0 aromatic heterocycles. The van der Waals surface area contributed by atoms with E-state index in [9.17, 15) is 14.7 Å². The normalized spacial score (nSPS) is 34.8. The molecule has 2 atom stereocenters.